The van der Waals surface area contributed by atoms with Crippen LogP contribution in [-0.4, -0.2) is 31.6 Å². The van der Waals surface area contributed by atoms with Crippen molar-refractivity contribution in [2.45, 2.75) is 6.04 Å². The number of amides is 1. The maximum absolute atomic E-state index is 11.7. The van der Waals surface area contributed by atoms with Gasteiger partial charge in [-0.1, -0.05) is 11.6 Å². The molecule has 3 rings (SSSR count). The summed E-state index contributed by atoms with van der Waals surface area (Å²) >= 11 is 5.77. The number of ether oxygens (including phenoxy) is 1. The Labute approximate surface area is 111 Å². The molecule has 2 aliphatic rings. The molecule has 0 spiro atoms. The van der Waals surface area contributed by atoms with E-state index in [1.54, 1.807) is 24.3 Å². The molecular weight excluding hydrogens is 252 g/mol. The molecule has 1 saturated carbocycles. The summed E-state index contributed by atoms with van der Waals surface area (Å²) in [4.78, 5) is 11.7. The Morgan fingerprint density at radius 1 is 1.33 bits per heavy atom. The third-order valence-corrected chi connectivity index (χ3v) is 3.85. The van der Waals surface area contributed by atoms with Crippen molar-refractivity contribution in [3.8, 4) is 5.75 Å². The first-order valence-electron chi connectivity index (χ1n) is 6.12. The molecule has 1 aliphatic carbocycles. The molecule has 1 saturated heterocycles. The first kappa shape index (κ1) is 11.8. The van der Waals surface area contributed by atoms with Crippen molar-refractivity contribution in [2.24, 2.45) is 11.8 Å². The second-order valence-corrected chi connectivity index (χ2v) is 5.26. The van der Waals surface area contributed by atoms with Crippen LogP contribution >= 0.6 is 11.6 Å². The summed E-state index contributed by atoms with van der Waals surface area (Å²) in [5.41, 5.74) is 0. The predicted molar refractivity (Wildman–Crippen MR) is 68.7 cm³/mol. The van der Waals surface area contributed by atoms with E-state index in [0.29, 0.717) is 28.6 Å². The summed E-state index contributed by atoms with van der Waals surface area (Å²) in [6, 6.07) is 7.35. The minimum atomic E-state index is -0.0515. The molecule has 1 amide bonds. The van der Waals surface area contributed by atoms with Crippen molar-refractivity contribution >= 4 is 17.5 Å². The summed E-state index contributed by atoms with van der Waals surface area (Å²) in [5.74, 6) is 1.87. The highest BCUT2D eigenvalue weighted by Gasteiger charge is 2.53. The molecule has 2 unspecified atom stereocenters. The molecular formula is C13H15ClN2O2. The summed E-state index contributed by atoms with van der Waals surface area (Å²) in [6.45, 7) is 2.10. The molecule has 1 aromatic rings. The van der Waals surface area contributed by atoms with Crippen LogP contribution in [0.1, 0.15) is 0 Å². The van der Waals surface area contributed by atoms with E-state index < -0.39 is 0 Å². The van der Waals surface area contributed by atoms with Crippen LogP contribution in [0.4, 0.5) is 0 Å². The van der Waals surface area contributed by atoms with Crippen LogP contribution in [-0.2, 0) is 4.79 Å². The first-order chi connectivity index (χ1) is 8.74. The highest BCUT2D eigenvalue weighted by atomic mass is 35.5. The van der Waals surface area contributed by atoms with E-state index in [1.807, 2.05) is 0 Å². The fraction of sp³-hybridized carbons (Fsp3) is 0.462. The maximum atomic E-state index is 11.7. The van der Waals surface area contributed by atoms with Gasteiger partial charge in [0.2, 0.25) is 0 Å². The van der Waals surface area contributed by atoms with Gasteiger partial charge < -0.3 is 15.4 Å². The van der Waals surface area contributed by atoms with E-state index in [9.17, 15) is 4.79 Å². The van der Waals surface area contributed by atoms with Gasteiger partial charge >= 0.3 is 0 Å². The summed E-state index contributed by atoms with van der Waals surface area (Å²) in [5, 5.41) is 6.96. The van der Waals surface area contributed by atoms with E-state index in [2.05, 4.69) is 10.6 Å². The lowest BCUT2D eigenvalue weighted by molar-refractivity contribution is -0.123. The van der Waals surface area contributed by atoms with Gasteiger partial charge in [-0.2, -0.15) is 0 Å². The number of carbonyl (C=O) groups excluding carboxylic acids is 1. The van der Waals surface area contributed by atoms with Crippen molar-refractivity contribution < 1.29 is 9.53 Å². The minimum absolute atomic E-state index is 0.0515. The summed E-state index contributed by atoms with van der Waals surface area (Å²) in [6.07, 6.45) is 0. The zero-order valence-corrected chi connectivity index (χ0v) is 10.6. The quantitative estimate of drug-likeness (QED) is 0.857. The highest BCUT2D eigenvalue weighted by Crippen LogP contribution is 2.41. The number of hydrogen-bond acceptors (Lipinski definition) is 3. The maximum Gasteiger partial charge on any atom is 0.258 e. The van der Waals surface area contributed by atoms with Crippen LogP contribution in [0.25, 0.3) is 0 Å². The monoisotopic (exact) mass is 266 g/mol. The molecule has 18 heavy (non-hydrogen) atoms. The van der Waals surface area contributed by atoms with Gasteiger partial charge in [0.05, 0.1) is 0 Å². The Balaban J connectivity index is 1.43. The van der Waals surface area contributed by atoms with Gasteiger partial charge in [-0.25, -0.2) is 0 Å². The van der Waals surface area contributed by atoms with E-state index in [1.165, 1.54) is 0 Å². The van der Waals surface area contributed by atoms with Crippen LogP contribution < -0.4 is 15.4 Å². The third kappa shape index (κ3) is 2.44. The number of fused-ring (bicyclic) bond motifs is 1. The molecule has 2 N–H and O–H groups in total. The summed E-state index contributed by atoms with van der Waals surface area (Å²) < 4.78 is 5.39. The van der Waals surface area contributed by atoms with Crippen LogP contribution in [0.2, 0.25) is 5.02 Å². The Morgan fingerprint density at radius 2 is 2.00 bits per heavy atom. The molecule has 0 radical (unpaired) electrons. The molecule has 2 atom stereocenters. The number of rotatable bonds is 4. The standard InChI is InChI=1S/C13H15ClN2O2/c14-8-1-3-9(4-2-8)18-7-12(17)16-13-10-5-15-6-11(10)13/h1-4,10-11,13,15H,5-7H2,(H,16,17). The van der Waals surface area contributed by atoms with E-state index in [-0.39, 0.29) is 12.5 Å². The molecule has 1 heterocycles. The predicted octanol–water partition coefficient (Wildman–Crippen LogP) is 1.05. The number of piperidine rings is 1. The SMILES string of the molecule is O=C(COc1ccc(Cl)cc1)NC1C2CNCC21. The lowest BCUT2D eigenvalue weighted by atomic mass is 10.3. The number of halogens is 1. The minimum Gasteiger partial charge on any atom is -0.484 e. The molecule has 2 fully saturated rings. The van der Waals surface area contributed by atoms with Gasteiger partial charge in [-0.05, 0) is 36.1 Å². The first-order valence-corrected chi connectivity index (χ1v) is 6.50. The largest absolute Gasteiger partial charge is 0.484 e. The molecule has 5 heteroatoms. The van der Waals surface area contributed by atoms with Gasteiger partial charge in [0.25, 0.3) is 5.91 Å². The van der Waals surface area contributed by atoms with Crippen LogP contribution in [0.5, 0.6) is 5.75 Å². The third-order valence-electron chi connectivity index (χ3n) is 3.60. The summed E-state index contributed by atoms with van der Waals surface area (Å²) in [7, 11) is 0. The van der Waals surface area contributed by atoms with Crippen LogP contribution in [0.15, 0.2) is 24.3 Å². The van der Waals surface area contributed by atoms with Gasteiger partial charge in [0, 0.05) is 24.2 Å². The number of benzene rings is 1. The normalized spacial score (nSPS) is 28.6. The molecule has 1 aromatic carbocycles. The number of hydrogen-bond donors (Lipinski definition) is 2. The van der Waals surface area contributed by atoms with Gasteiger partial charge in [0.15, 0.2) is 6.61 Å². The molecule has 0 aromatic heterocycles. The molecule has 0 bridgehead atoms. The van der Waals surface area contributed by atoms with Crippen molar-refractivity contribution in [2.75, 3.05) is 19.7 Å². The zero-order chi connectivity index (χ0) is 12.5. The fourth-order valence-corrected chi connectivity index (χ4v) is 2.67. The molecule has 1 aliphatic heterocycles. The lowest BCUT2D eigenvalue weighted by Crippen LogP contribution is -2.35. The smallest absolute Gasteiger partial charge is 0.258 e. The van der Waals surface area contributed by atoms with Gasteiger partial charge in [-0.15, -0.1) is 0 Å². The van der Waals surface area contributed by atoms with Crippen molar-refractivity contribution in [3.05, 3.63) is 29.3 Å². The number of carbonyl (C=O) groups is 1. The van der Waals surface area contributed by atoms with E-state index in [0.717, 1.165) is 13.1 Å². The topological polar surface area (TPSA) is 50.4 Å². The fourth-order valence-electron chi connectivity index (χ4n) is 2.54. The Bertz CT molecular complexity index is 439. The average molecular weight is 267 g/mol. The second kappa shape index (κ2) is 4.78. The van der Waals surface area contributed by atoms with Gasteiger partial charge in [-0.3, -0.25) is 4.79 Å². The van der Waals surface area contributed by atoms with Crippen molar-refractivity contribution in [3.63, 3.8) is 0 Å². The average Bonchev–Trinajstić information content (AvgIpc) is 2.81. The van der Waals surface area contributed by atoms with Crippen molar-refractivity contribution in [1.82, 2.24) is 10.6 Å². The highest BCUT2D eigenvalue weighted by molar-refractivity contribution is 6.30. The van der Waals surface area contributed by atoms with Gasteiger partial charge in [0.1, 0.15) is 5.75 Å². The lowest BCUT2D eigenvalue weighted by Gasteiger charge is -2.09. The zero-order valence-electron chi connectivity index (χ0n) is 9.86. The number of nitrogens with one attached hydrogen (secondary N) is 2. The Morgan fingerprint density at radius 3 is 2.67 bits per heavy atom. The Kier molecular flexibility index (Phi) is 3.14. The van der Waals surface area contributed by atoms with Crippen LogP contribution in [0.3, 0.4) is 0 Å². The van der Waals surface area contributed by atoms with Crippen LogP contribution in [0, 0.1) is 11.8 Å². The van der Waals surface area contributed by atoms with Crippen molar-refractivity contribution in [1.29, 1.82) is 0 Å². The molecule has 4 nitrogen and oxygen atoms in total. The van der Waals surface area contributed by atoms with E-state index >= 15 is 0 Å². The second-order valence-electron chi connectivity index (χ2n) is 4.82. The molecule has 96 valence electrons. The Hall–Kier alpha value is -1.26. The van der Waals surface area contributed by atoms with E-state index in [4.69, 9.17) is 16.3 Å².